The monoisotopic (exact) mass is 1020 g/mol. The van der Waals surface area contributed by atoms with E-state index >= 15 is 0 Å². The Bertz CT molecular complexity index is 761. The third kappa shape index (κ3) is 42.8. The van der Waals surface area contributed by atoms with Gasteiger partial charge in [0, 0.05) is 13.2 Å². The molecule has 0 aromatic heterocycles. The number of likely N-dealkylation sites (N-methyl/N-ethyl adjacent to an activating group) is 2. The molecule has 338 valence electrons. The first-order chi connectivity index (χ1) is 26.2. The van der Waals surface area contributed by atoms with Crippen molar-refractivity contribution in [3.63, 3.8) is 0 Å². The normalized spacial score (nSPS) is 13.4. The highest BCUT2D eigenvalue weighted by Crippen LogP contribution is 2.18. The van der Waals surface area contributed by atoms with Gasteiger partial charge in [0.25, 0.3) is 0 Å². The van der Waals surface area contributed by atoms with Crippen molar-refractivity contribution in [2.75, 3.05) is 80.8 Å². The van der Waals surface area contributed by atoms with Gasteiger partial charge in [-0.25, -0.2) is 0 Å². The molecule has 0 aliphatic rings. The number of nitrogens with zero attached hydrogens (tertiary/aromatic N) is 2. The second kappa shape index (κ2) is 45.2. The lowest BCUT2D eigenvalue weighted by atomic mass is 10.1. The fraction of sp³-hybridized carbons (Fsp3) is 0.917. The minimum atomic E-state index is -0.0418. The zero-order valence-corrected chi connectivity index (χ0v) is 42.6. The lowest BCUT2D eigenvalue weighted by Crippen LogP contribution is -3.00. The summed E-state index contributed by atoms with van der Waals surface area (Å²) in [5.74, 6) is 0. The molecular formula is C48H98I2N2O4. The van der Waals surface area contributed by atoms with E-state index in [0.717, 1.165) is 39.1 Å². The van der Waals surface area contributed by atoms with Gasteiger partial charge in [0.2, 0.25) is 0 Å². The number of unbranched alkanes of at least 4 members (excludes halogenated alkanes) is 24. The Balaban J connectivity index is -0.0000140. The molecular weight excluding hydrogens is 922 g/mol. The number of aliphatic hydroxyl groups excluding tert-OH is 2. The van der Waals surface area contributed by atoms with Gasteiger partial charge in [-0.2, -0.15) is 0 Å². The van der Waals surface area contributed by atoms with Crippen LogP contribution in [-0.2, 0) is 9.47 Å². The van der Waals surface area contributed by atoms with E-state index in [1.54, 1.807) is 0 Å². The number of quaternary nitrogens is 2. The number of halogens is 2. The van der Waals surface area contributed by atoms with Crippen LogP contribution in [0.2, 0.25) is 0 Å². The van der Waals surface area contributed by atoms with Crippen LogP contribution >= 0.6 is 0 Å². The zero-order chi connectivity index (χ0) is 39.9. The molecule has 0 radical (unpaired) electrons. The van der Waals surface area contributed by atoms with E-state index in [1.807, 2.05) is 0 Å². The highest BCUT2D eigenvalue weighted by Gasteiger charge is 2.35. The maximum atomic E-state index is 9.78. The van der Waals surface area contributed by atoms with Crippen LogP contribution in [0, 0.1) is 0 Å². The van der Waals surface area contributed by atoms with E-state index < -0.39 is 0 Å². The summed E-state index contributed by atoms with van der Waals surface area (Å²) < 4.78 is 14.8. The van der Waals surface area contributed by atoms with Crippen LogP contribution in [0.4, 0.5) is 0 Å². The summed E-state index contributed by atoms with van der Waals surface area (Å²) in [5.41, 5.74) is 0. The molecule has 8 heteroatoms. The summed E-state index contributed by atoms with van der Waals surface area (Å²) in [6, 6.07) is 0. The van der Waals surface area contributed by atoms with Crippen LogP contribution in [-0.4, -0.2) is 112 Å². The fourth-order valence-corrected chi connectivity index (χ4v) is 7.42. The largest absolute Gasteiger partial charge is 1.00 e. The molecule has 6 nitrogen and oxygen atoms in total. The highest BCUT2D eigenvalue weighted by molar-refractivity contribution is 4.82. The lowest BCUT2D eigenvalue weighted by molar-refractivity contribution is -0.902. The second-order valence-electron chi connectivity index (χ2n) is 17.8. The Morgan fingerprint density at radius 2 is 0.643 bits per heavy atom. The molecule has 2 unspecified atom stereocenters. The number of aliphatic hydroxyl groups is 2. The summed E-state index contributed by atoms with van der Waals surface area (Å²) in [7, 11) is 8.75. The van der Waals surface area contributed by atoms with Crippen LogP contribution in [0.1, 0.15) is 194 Å². The number of allylic oxidation sites excluding steroid dienone is 4. The fourth-order valence-electron chi connectivity index (χ4n) is 7.42. The molecule has 0 bridgehead atoms. The van der Waals surface area contributed by atoms with Gasteiger partial charge in [-0.1, -0.05) is 154 Å². The highest BCUT2D eigenvalue weighted by atomic mass is 127. The molecule has 0 spiro atoms. The molecule has 0 amide bonds. The third-order valence-corrected chi connectivity index (χ3v) is 11.1. The van der Waals surface area contributed by atoms with Gasteiger partial charge in [-0.15, -0.1) is 0 Å². The van der Waals surface area contributed by atoms with Crippen LogP contribution in [0.3, 0.4) is 0 Å². The molecule has 0 rings (SSSR count). The van der Waals surface area contributed by atoms with Gasteiger partial charge in [-0.05, 0) is 64.2 Å². The minimum absolute atomic E-state index is 0. The average molecular weight is 1020 g/mol. The number of hydrogen-bond acceptors (Lipinski definition) is 4. The maximum Gasteiger partial charge on any atom is 0.138 e. The van der Waals surface area contributed by atoms with Crippen molar-refractivity contribution in [1.29, 1.82) is 0 Å². The van der Waals surface area contributed by atoms with Crippen molar-refractivity contribution < 1.29 is 76.6 Å². The van der Waals surface area contributed by atoms with E-state index in [4.69, 9.17) is 9.47 Å². The standard InChI is InChI=1S/C48H98N2O4.2HI/c1-7-9-11-13-15-17-19-21-23-25-27-29-31-33-35-37-43-53-47(45-49(3,4)39-41-51)48(46-50(5,6)40-42-52)54-44-38-36-34-32-30-28-26-24-22-20-18-16-14-12-10-8-2;;/h21-24,47-48,51-52H,7-20,25-46H2,1-6H3;2*1H/q+2;;/p-2/b23-21-,24-22-;;. The van der Waals surface area contributed by atoms with E-state index in [2.05, 4.69) is 66.3 Å². The van der Waals surface area contributed by atoms with Crippen molar-refractivity contribution in [2.24, 2.45) is 0 Å². The van der Waals surface area contributed by atoms with E-state index in [1.165, 1.54) is 167 Å². The summed E-state index contributed by atoms with van der Waals surface area (Å²) in [6.07, 6.45) is 46.1. The van der Waals surface area contributed by atoms with E-state index in [-0.39, 0.29) is 73.4 Å². The molecule has 0 aliphatic carbocycles. The third-order valence-electron chi connectivity index (χ3n) is 11.1. The van der Waals surface area contributed by atoms with Crippen LogP contribution in [0.25, 0.3) is 0 Å². The quantitative estimate of drug-likeness (QED) is 0.0342. The summed E-state index contributed by atoms with van der Waals surface area (Å²) in [6.45, 7) is 9.44. The molecule has 0 saturated heterocycles. The van der Waals surface area contributed by atoms with E-state index in [9.17, 15) is 10.2 Å². The zero-order valence-electron chi connectivity index (χ0n) is 38.3. The maximum absolute atomic E-state index is 9.78. The first kappa shape index (κ1) is 61.0. The van der Waals surface area contributed by atoms with Gasteiger partial charge in [0.05, 0.1) is 41.4 Å². The molecule has 0 aromatic rings. The van der Waals surface area contributed by atoms with Gasteiger partial charge in [0.15, 0.2) is 0 Å². The predicted octanol–water partition coefficient (Wildman–Crippen LogP) is 5.98. The molecule has 0 fully saturated rings. The van der Waals surface area contributed by atoms with Gasteiger partial charge >= 0.3 is 0 Å². The number of rotatable bonds is 43. The molecule has 56 heavy (non-hydrogen) atoms. The van der Waals surface area contributed by atoms with Crippen LogP contribution < -0.4 is 48.0 Å². The number of ether oxygens (including phenoxy) is 2. The van der Waals surface area contributed by atoms with Crippen LogP contribution in [0.15, 0.2) is 24.3 Å². The van der Waals surface area contributed by atoms with Gasteiger partial charge in [0.1, 0.15) is 38.4 Å². The van der Waals surface area contributed by atoms with Crippen LogP contribution in [0.5, 0.6) is 0 Å². The summed E-state index contributed by atoms with van der Waals surface area (Å²) in [5, 5.41) is 19.6. The Kier molecular flexibility index (Phi) is 49.3. The lowest BCUT2D eigenvalue weighted by Gasteiger charge is -2.39. The Labute approximate surface area is 385 Å². The first-order valence-corrected chi connectivity index (χ1v) is 23.6. The topological polar surface area (TPSA) is 58.9 Å². The molecule has 2 atom stereocenters. The van der Waals surface area contributed by atoms with Gasteiger partial charge in [-0.3, -0.25) is 0 Å². The van der Waals surface area contributed by atoms with Crippen molar-refractivity contribution >= 4 is 0 Å². The van der Waals surface area contributed by atoms with Gasteiger partial charge < -0.3 is 76.6 Å². The molecule has 0 saturated carbocycles. The predicted molar refractivity (Wildman–Crippen MR) is 236 cm³/mol. The molecule has 0 aliphatic heterocycles. The Morgan fingerprint density at radius 3 is 0.911 bits per heavy atom. The van der Waals surface area contributed by atoms with Crippen molar-refractivity contribution in [1.82, 2.24) is 0 Å². The van der Waals surface area contributed by atoms with Crippen molar-refractivity contribution in [3.8, 4) is 0 Å². The smallest absolute Gasteiger partial charge is 0.138 e. The van der Waals surface area contributed by atoms with E-state index in [0.29, 0.717) is 22.1 Å². The number of hydrogen-bond donors (Lipinski definition) is 2. The van der Waals surface area contributed by atoms with Crippen molar-refractivity contribution in [3.05, 3.63) is 24.3 Å². The first-order valence-electron chi connectivity index (χ1n) is 23.6. The summed E-state index contributed by atoms with van der Waals surface area (Å²) >= 11 is 0. The molecule has 0 heterocycles. The molecule has 2 N–H and O–H groups in total. The average Bonchev–Trinajstić information content (AvgIpc) is 3.13. The Hall–Kier alpha value is 0.700. The minimum Gasteiger partial charge on any atom is -1.00 e. The second-order valence-corrected chi connectivity index (χ2v) is 17.8. The van der Waals surface area contributed by atoms with Crippen molar-refractivity contribution in [2.45, 2.75) is 206 Å². The molecule has 0 aromatic carbocycles. The summed E-state index contributed by atoms with van der Waals surface area (Å²) in [4.78, 5) is 0. The Morgan fingerprint density at radius 1 is 0.393 bits per heavy atom. The SMILES string of the molecule is CCCCCCCC/C=C\CCCCCCCCOC(C[N+](C)(C)CCO)C(C[N+](C)(C)CCO)OCCCCCCCC/C=C\CCCCCCCC.[I-].[I-].